The number of ether oxygens (including phenoxy) is 3. The Kier molecular flexibility index (Phi) is 4.29. The second kappa shape index (κ2) is 6.47. The molecule has 2 amide bonds. The van der Waals surface area contributed by atoms with Crippen LogP contribution >= 0.6 is 23.2 Å². The van der Waals surface area contributed by atoms with Crippen LogP contribution in [0.4, 0.5) is 10.5 Å². The molecule has 5 rings (SSSR count). The third-order valence-electron chi connectivity index (χ3n) is 6.94. The number of carbonyl (C=O) groups excluding carboxylic acids is 2. The number of alkyl carbamates (subject to hydrolysis) is 1. The van der Waals surface area contributed by atoms with Gasteiger partial charge in [0, 0.05) is 18.5 Å². The average molecular weight is 452 g/mol. The van der Waals surface area contributed by atoms with Crippen LogP contribution < -0.4 is 10.2 Å². The second-order valence-electron chi connectivity index (χ2n) is 8.38. The summed E-state index contributed by atoms with van der Waals surface area (Å²) in [6, 6.07) is 4.80. The minimum absolute atomic E-state index is 0.135. The van der Waals surface area contributed by atoms with Crippen molar-refractivity contribution < 1.29 is 23.8 Å². The number of nitrogens with zero attached hydrogens (tertiary/aromatic N) is 2. The van der Waals surface area contributed by atoms with Crippen LogP contribution in [0.25, 0.3) is 0 Å². The van der Waals surface area contributed by atoms with Gasteiger partial charge in [-0.3, -0.25) is 9.69 Å². The number of nitrogens with one attached hydrogen (secondary N) is 1. The van der Waals surface area contributed by atoms with Crippen molar-refractivity contribution in [2.24, 2.45) is 11.8 Å². The van der Waals surface area contributed by atoms with Gasteiger partial charge in [-0.15, -0.1) is 0 Å². The summed E-state index contributed by atoms with van der Waals surface area (Å²) in [5.41, 5.74) is -0.825. The van der Waals surface area contributed by atoms with Crippen LogP contribution in [0.3, 0.4) is 0 Å². The summed E-state index contributed by atoms with van der Waals surface area (Å²) in [4.78, 5) is 27.1. The number of carbonyl (C=O) groups is 2. The first-order valence-electron chi connectivity index (χ1n) is 9.64. The number of hydrogen-bond acceptors (Lipinski definition) is 6. The first kappa shape index (κ1) is 19.9. The lowest BCUT2D eigenvalue weighted by molar-refractivity contribution is -0.143. The number of fused-ring (bicyclic) bond motifs is 2. The zero-order chi connectivity index (χ0) is 21.4. The van der Waals surface area contributed by atoms with Crippen molar-refractivity contribution in [1.29, 1.82) is 5.26 Å². The van der Waals surface area contributed by atoms with Gasteiger partial charge in [0.15, 0.2) is 0 Å². The Hall–Kier alpha value is -2.05. The third-order valence-corrected chi connectivity index (χ3v) is 7.54. The molecule has 4 aliphatic rings. The van der Waals surface area contributed by atoms with Crippen molar-refractivity contribution >= 4 is 40.9 Å². The van der Waals surface area contributed by atoms with Crippen LogP contribution in [0.1, 0.15) is 25.3 Å². The van der Waals surface area contributed by atoms with Gasteiger partial charge in [0.2, 0.25) is 5.91 Å². The molecule has 6 atom stereocenters. The molecule has 30 heavy (non-hydrogen) atoms. The molecule has 1 N–H and O–H groups in total. The van der Waals surface area contributed by atoms with Crippen molar-refractivity contribution in [3.63, 3.8) is 0 Å². The summed E-state index contributed by atoms with van der Waals surface area (Å²) in [6.07, 6.45) is -0.0454. The van der Waals surface area contributed by atoms with E-state index in [0.717, 1.165) is 0 Å². The zero-order valence-corrected chi connectivity index (χ0v) is 17.8. The predicted octanol–water partition coefficient (Wildman–Crippen LogP) is 2.85. The lowest BCUT2D eigenvalue weighted by atomic mass is 9.64. The van der Waals surface area contributed by atoms with Crippen LogP contribution in [0.2, 0.25) is 10.0 Å². The van der Waals surface area contributed by atoms with Crippen LogP contribution in [0.15, 0.2) is 12.1 Å². The number of rotatable bonds is 2. The molecule has 4 heterocycles. The van der Waals surface area contributed by atoms with Gasteiger partial charge in [-0.05, 0) is 19.1 Å². The Labute approximate surface area is 182 Å². The van der Waals surface area contributed by atoms with Gasteiger partial charge in [-0.2, -0.15) is 5.26 Å². The van der Waals surface area contributed by atoms with E-state index in [0.29, 0.717) is 25.1 Å². The summed E-state index contributed by atoms with van der Waals surface area (Å²) in [5, 5.41) is 12.5. The molecule has 1 aromatic carbocycles. The Balaban J connectivity index is 1.58. The topological polar surface area (TPSA) is 101 Å². The van der Waals surface area contributed by atoms with Crippen molar-refractivity contribution in [1.82, 2.24) is 5.32 Å². The van der Waals surface area contributed by atoms with Crippen LogP contribution in [0.5, 0.6) is 0 Å². The number of anilines is 1. The smallest absolute Gasteiger partial charge is 0.407 e. The van der Waals surface area contributed by atoms with E-state index >= 15 is 0 Å². The monoisotopic (exact) mass is 451 g/mol. The van der Waals surface area contributed by atoms with Gasteiger partial charge in [0.05, 0.1) is 58.4 Å². The molecule has 0 saturated carbocycles. The fourth-order valence-corrected chi connectivity index (χ4v) is 6.46. The van der Waals surface area contributed by atoms with Crippen LogP contribution in [0, 0.1) is 23.2 Å². The number of nitriles is 1. The van der Waals surface area contributed by atoms with Gasteiger partial charge in [-0.1, -0.05) is 23.2 Å². The van der Waals surface area contributed by atoms with E-state index in [1.54, 1.807) is 17.0 Å². The standard InChI is InChI=1S/C20H19Cl2N3O5/c1-19-7-13(24-18(27)28-2)20(30-19)3-4-29-17-15(20)14(19)16(26)25(17)9-5-11(21)10(8-23)12(22)6-9/h5-6,13-15,17H,3-4,7H2,1-2H3,(H,24,27)/t13-,14+,15-,17-,19+,20-/m0/s1. The largest absolute Gasteiger partial charge is 0.453 e. The predicted molar refractivity (Wildman–Crippen MR) is 106 cm³/mol. The lowest BCUT2D eigenvalue weighted by Gasteiger charge is -2.45. The minimum atomic E-state index is -0.742. The highest BCUT2D eigenvalue weighted by molar-refractivity contribution is 6.37. The summed E-state index contributed by atoms with van der Waals surface area (Å²) in [7, 11) is 1.32. The molecular formula is C20H19Cl2N3O5. The van der Waals surface area contributed by atoms with Gasteiger partial charge in [-0.25, -0.2) is 4.79 Å². The van der Waals surface area contributed by atoms with Gasteiger partial charge < -0.3 is 19.5 Å². The minimum Gasteiger partial charge on any atom is -0.453 e. The molecule has 1 spiro atoms. The van der Waals surface area contributed by atoms with Crippen molar-refractivity contribution in [2.75, 3.05) is 18.6 Å². The van der Waals surface area contributed by atoms with E-state index < -0.39 is 29.4 Å². The van der Waals surface area contributed by atoms with E-state index in [1.165, 1.54) is 7.11 Å². The maximum Gasteiger partial charge on any atom is 0.407 e. The maximum atomic E-state index is 13.6. The zero-order valence-electron chi connectivity index (χ0n) is 16.3. The molecule has 4 aliphatic heterocycles. The summed E-state index contributed by atoms with van der Waals surface area (Å²) in [5.74, 6) is -0.829. The van der Waals surface area contributed by atoms with Crippen LogP contribution in [-0.4, -0.2) is 49.2 Å². The normalized spacial score (nSPS) is 38.4. The van der Waals surface area contributed by atoms with E-state index in [9.17, 15) is 14.9 Å². The second-order valence-corrected chi connectivity index (χ2v) is 9.20. The van der Waals surface area contributed by atoms with Crippen molar-refractivity contribution in [2.45, 2.75) is 43.2 Å². The average Bonchev–Trinajstić information content (AvgIpc) is 3.25. The Morgan fingerprint density at radius 2 is 2.10 bits per heavy atom. The first-order chi connectivity index (χ1) is 14.3. The van der Waals surface area contributed by atoms with Crippen molar-refractivity contribution in [3.8, 4) is 6.07 Å². The van der Waals surface area contributed by atoms with Crippen molar-refractivity contribution in [3.05, 3.63) is 27.7 Å². The number of methoxy groups -OCH3 is 1. The molecular weight excluding hydrogens is 433 g/mol. The Bertz CT molecular complexity index is 990. The highest BCUT2D eigenvalue weighted by atomic mass is 35.5. The molecule has 8 nitrogen and oxygen atoms in total. The highest BCUT2D eigenvalue weighted by Gasteiger charge is 2.78. The van der Waals surface area contributed by atoms with Gasteiger partial charge in [0.1, 0.15) is 12.3 Å². The number of halogens is 2. The maximum absolute atomic E-state index is 13.6. The number of benzene rings is 1. The quantitative estimate of drug-likeness (QED) is 0.741. The first-order valence-corrected chi connectivity index (χ1v) is 10.4. The number of hydrogen-bond donors (Lipinski definition) is 1. The lowest BCUT2D eigenvalue weighted by Crippen LogP contribution is -2.61. The summed E-state index contributed by atoms with van der Waals surface area (Å²) in [6.45, 7) is 2.28. The van der Waals surface area contributed by atoms with E-state index in [4.69, 9.17) is 37.4 Å². The molecule has 158 valence electrons. The molecule has 4 fully saturated rings. The number of amides is 2. The Morgan fingerprint density at radius 3 is 2.73 bits per heavy atom. The molecule has 0 aromatic heterocycles. The fraction of sp³-hybridized carbons (Fsp3) is 0.550. The summed E-state index contributed by atoms with van der Waals surface area (Å²) < 4.78 is 17.3. The van der Waals surface area contributed by atoms with Gasteiger partial charge >= 0.3 is 6.09 Å². The summed E-state index contributed by atoms with van der Waals surface area (Å²) >= 11 is 12.5. The van der Waals surface area contributed by atoms with Crippen LogP contribution in [-0.2, 0) is 19.0 Å². The molecule has 0 aliphatic carbocycles. The highest BCUT2D eigenvalue weighted by Crippen LogP contribution is 2.65. The fourth-order valence-electron chi connectivity index (χ4n) is 5.90. The molecule has 1 aromatic rings. The van der Waals surface area contributed by atoms with E-state index in [2.05, 4.69) is 5.32 Å². The molecule has 10 heteroatoms. The SMILES string of the molecule is COC(=O)N[C@H]1C[C@@]2(C)O[C@@]13CCO[C@H]1[C@@H]3[C@@H]2C(=O)N1c1cc(Cl)c(C#N)c(Cl)c1. The Morgan fingerprint density at radius 1 is 1.40 bits per heavy atom. The van der Waals surface area contributed by atoms with Gasteiger partial charge in [0.25, 0.3) is 0 Å². The molecule has 4 saturated heterocycles. The molecule has 0 unspecified atom stereocenters. The third kappa shape index (κ3) is 2.41. The van der Waals surface area contributed by atoms with E-state index in [-0.39, 0.29) is 33.5 Å². The molecule has 0 radical (unpaired) electrons. The van der Waals surface area contributed by atoms with E-state index in [1.807, 2.05) is 13.0 Å². The molecule has 2 bridgehead atoms.